The molecule has 0 aromatic heterocycles. The number of hydrogen-bond acceptors (Lipinski definition) is 4. The fourth-order valence-electron chi connectivity index (χ4n) is 2.88. The summed E-state index contributed by atoms with van der Waals surface area (Å²) < 4.78 is 6.09. The fourth-order valence-corrected chi connectivity index (χ4v) is 2.88. The number of hydrogen-bond donors (Lipinski definition) is 2. The van der Waals surface area contributed by atoms with Crippen LogP contribution < -0.4 is 15.4 Å². The van der Waals surface area contributed by atoms with Crippen LogP contribution in [0.1, 0.15) is 42.3 Å². The molecule has 2 unspecified atom stereocenters. The lowest BCUT2D eigenvalue weighted by atomic mass is 10.0. The third-order valence-electron chi connectivity index (χ3n) is 4.28. The van der Waals surface area contributed by atoms with Crippen LogP contribution in [0.25, 0.3) is 0 Å². The predicted molar refractivity (Wildman–Crippen MR) is 96.8 cm³/mol. The summed E-state index contributed by atoms with van der Waals surface area (Å²) in [6.07, 6.45) is 1.00. The molecular weight excluding hydrogens is 300 g/mol. The largest absolute Gasteiger partial charge is 0.482 e. The van der Waals surface area contributed by atoms with E-state index in [0.717, 1.165) is 30.0 Å². The normalized spacial score (nSPS) is 17.3. The molecule has 1 heterocycles. The second-order valence-corrected chi connectivity index (χ2v) is 6.15. The summed E-state index contributed by atoms with van der Waals surface area (Å²) in [7, 11) is 0. The zero-order chi connectivity index (χ0) is 16.9. The number of fused-ring (bicyclic) bond motifs is 1. The number of carbonyl (C=O) groups excluding carboxylic acids is 1. The van der Waals surface area contributed by atoms with Crippen LogP contribution in [0.2, 0.25) is 0 Å². The van der Waals surface area contributed by atoms with Crippen LogP contribution in [0, 0.1) is 0 Å². The van der Waals surface area contributed by atoms with Crippen molar-refractivity contribution < 1.29 is 9.53 Å². The highest BCUT2D eigenvalue weighted by Crippen LogP contribution is 2.35. The van der Waals surface area contributed by atoms with Gasteiger partial charge in [-0.15, -0.1) is 0 Å². The summed E-state index contributed by atoms with van der Waals surface area (Å²) in [6.45, 7) is 5.54. The van der Waals surface area contributed by atoms with Gasteiger partial charge in [0.25, 0.3) is 0 Å². The minimum Gasteiger partial charge on any atom is -0.482 e. The number of Topliss-reactive ketones (excluding diaryl/α,β-unsaturated/α-hetero) is 1. The Bertz CT molecular complexity index is 700. The molecule has 24 heavy (non-hydrogen) atoms. The SMILES string of the molecule is CCCNC(C)C(=O)c1ccc2c(c1)NCC(c1ccccc1)O2. The minimum atomic E-state index is -0.176. The smallest absolute Gasteiger partial charge is 0.179 e. The van der Waals surface area contributed by atoms with Gasteiger partial charge in [0.1, 0.15) is 11.9 Å². The molecule has 0 aliphatic carbocycles. The van der Waals surface area contributed by atoms with E-state index in [1.54, 1.807) is 0 Å². The number of benzene rings is 2. The highest BCUT2D eigenvalue weighted by atomic mass is 16.5. The summed E-state index contributed by atoms with van der Waals surface area (Å²) in [5.74, 6) is 0.902. The van der Waals surface area contributed by atoms with Crippen LogP contribution in [0.15, 0.2) is 48.5 Å². The first-order valence-electron chi connectivity index (χ1n) is 8.56. The number of ether oxygens (including phenoxy) is 1. The highest BCUT2D eigenvalue weighted by molar-refractivity contribution is 6.01. The van der Waals surface area contributed by atoms with Crippen LogP contribution >= 0.6 is 0 Å². The molecule has 2 aromatic carbocycles. The first-order valence-corrected chi connectivity index (χ1v) is 8.56. The van der Waals surface area contributed by atoms with E-state index in [0.29, 0.717) is 12.1 Å². The molecule has 0 saturated heterocycles. The topological polar surface area (TPSA) is 50.4 Å². The monoisotopic (exact) mass is 324 g/mol. The van der Waals surface area contributed by atoms with Gasteiger partial charge in [0.15, 0.2) is 5.78 Å². The molecule has 0 bridgehead atoms. The molecule has 126 valence electrons. The van der Waals surface area contributed by atoms with E-state index in [1.807, 2.05) is 43.3 Å². The van der Waals surface area contributed by atoms with Gasteiger partial charge in [0.2, 0.25) is 0 Å². The summed E-state index contributed by atoms with van der Waals surface area (Å²) in [6, 6.07) is 15.6. The Balaban J connectivity index is 1.73. The summed E-state index contributed by atoms with van der Waals surface area (Å²) in [5.41, 5.74) is 2.74. The predicted octanol–water partition coefficient (Wildman–Crippen LogP) is 3.80. The van der Waals surface area contributed by atoms with Crippen LogP contribution in [-0.4, -0.2) is 24.9 Å². The average Bonchev–Trinajstić information content (AvgIpc) is 2.65. The highest BCUT2D eigenvalue weighted by Gasteiger charge is 2.22. The van der Waals surface area contributed by atoms with E-state index < -0.39 is 0 Å². The van der Waals surface area contributed by atoms with E-state index in [4.69, 9.17) is 4.74 Å². The van der Waals surface area contributed by atoms with Gasteiger partial charge >= 0.3 is 0 Å². The molecular formula is C20H24N2O2. The summed E-state index contributed by atoms with van der Waals surface area (Å²) in [4.78, 5) is 12.5. The van der Waals surface area contributed by atoms with Crippen molar-refractivity contribution in [3.8, 4) is 5.75 Å². The Labute approximate surface area is 143 Å². The molecule has 0 spiro atoms. The Kier molecular flexibility index (Phi) is 5.16. The van der Waals surface area contributed by atoms with E-state index in [-0.39, 0.29) is 17.9 Å². The Morgan fingerprint density at radius 2 is 2.08 bits per heavy atom. The number of ketones is 1. The Hall–Kier alpha value is -2.33. The fraction of sp³-hybridized carbons (Fsp3) is 0.350. The number of rotatable bonds is 6. The first-order chi connectivity index (χ1) is 11.7. The Morgan fingerprint density at radius 3 is 2.83 bits per heavy atom. The van der Waals surface area contributed by atoms with Crippen molar-refractivity contribution in [2.24, 2.45) is 0 Å². The molecule has 2 aromatic rings. The van der Waals surface area contributed by atoms with E-state index >= 15 is 0 Å². The van der Waals surface area contributed by atoms with Gasteiger partial charge in [-0.2, -0.15) is 0 Å². The van der Waals surface area contributed by atoms with Crippen LogP contribution in [0.3, 0.4) is 0 Å². The lowest BCUT2D eigenvalue weighted by molar-refractivity contribution is 0.0951. The minimum absolute atomic E-state index is 0.00889. The molecule has 1 aliphatic heterocycles. The summed E-state index contributed by atoms with van der Waals surface area (Å²) in [5, 5.41) is 6.63. The van der Waals surface area contributed by atoms with Crippen LogP contribution in [0.5, 0.6) is 5.75 Å². The van der Waals surface area contributed by atoms with Crippen molar-refractivity contribution in [2.75, 3.05) is 18.4 Å². The van der Waals surface area contributed by atoms with Gasteiger partial charge in [-0.3, -0.25) is 4.79 Å². The number of nitrogens with one attached hydrogen (secondary N) is 2. The zero-order valence-corrected chi connectivity index (χ0v) is 14.2. The molecule has 4 heteroatoms. The third kappa shape index (κ3) is 3.60. The maximum Gasteiger partial charge on any atom is 0.179 e. The lowest BCUT2D eigenvalue weighted by Crippen LogP contribution is -2.34. The van der Waals surface area contributed by atoms with Crippen molar-refractivity contribution in [2.45, 2.75) is 32.4 Å². The van der Waals surface area contributed by atoms with Crippen molar-refractivity contribution in [3.63, 3.8) is 0 Å². The maximum atomic E-state index is 12.5. The van der Waals surface area contributed by atoms with Gasteiger partial charge in [0.05, 0.1) is 18.3 Å². The molecule has 3 rings (SSSR count). The van der Waals surface area contributed by atoms with Gasteiger partial charge in [-0.1, -0.05) is 37.3 Å². The van der Waals surface area contributed by atoms with Crippen LogP contribution in [0.4, 0.5) is 5.69 Å². The quantitative estimate of drug-likeness (QED) is 0.794. The molecule has 2 atom stereocenters. The molecule has 4 nitrogen and oxygen atoms in total. The lowest BCUT2D eigenvalue weighted by Gasteiger charge is -2.28. The van der Waals surface area contributed by atoms with E-state index in [1.165, 1.54) is 0 Å². The van der Waals surface area contributed by atoms with Crippen molar-refractivity contribution in [1.29, 1.82) is 0 Å². The third-order valence-corrected chi connectivity index (χ3v) is 4.28. The van der Waals surface area contributed by atoms with Crippen molar-refractivity contribution >= 4 is 11.5 Å². The standard InChI is InChI=1S/C20H24N2O2/c1-3-11-21-14(2)20(23)16-9-10-18-17(12-16)22-13-19(24-18)15-7-5-4-6-8-15/h4-10,12,14,19,21-22H,3,11,13H2,1-2H3. The number of anilines is 1. The molecule has 0 saturated carbocycles. The van der Waals surface area contributed by atoms with E-state index in [9.17, 15) is 4.79 Å². The van der Waals surface area contributed by atoms with E-state index in [2.05, 4.69) is 29.7 Å². The Morgan fingerprint density at radius 1 is 1.29 bits per heavy atom. The molecule has 0 amide bonds. The zero-order valence-electron chi connectivity index (χ0n) is 14.2. The van der Waals surface area contributed by atoms with Gasteiger partial charge in [-0.05, 0) is 43.7 Å². The molecule has 1 aliphatic rings. The second kappa shape index (κ2) is 7.49. The van der Waals surface area contributed by atoms with Gasteiger partial charge in [-0.25, -0.2) is 0 Å². The van der Waals surface area contributed by atoms with Crippen molar-refractivity contribution in [3.05, 3.63) is 59.7 Å². The second-order valence-electron chi connectivity index (χ2n) is 6.15. The van der Waals surface area contributed by atoms with Gasteiger partial charge < -0.3 is 15.4 Å². The van der Waals surface area contributed by atoms with Crippen molar-refractivity contribution in [1.82, 2.24) is 5.32 Å². The molecule has 0 fully saturated rings. The average molecular weight is 324 g/mol. The molecule has 2 N–H and O–H groups in total. The molecule has 0 radical (unpaired) electrons. The number of carbonyl (C=O) groups is 1. The summed E-state index contributed by atoms with van der Waals surface area (Å²) >= 11 is 0. The first kappa shape index (κ1) is 16.5. The van der Waals surface area contributed by atoms with Gasteiger partial charge in [0, 0.05) is 5.56 Å². The maximum absolute atomic E-state index is 12.5. The van der Waals surface area contributed by atoms with Crippen LogP contribution in [-0.2, 0) is 0 Å².